The van der Waals surface area contributed by atoms with Gasteiger partial charge in [-0.2, -0.15) is 0 Å². The van der Waals surface area contributed by atoms with Crippen molar-refractivity contribution in [1.82, 2.24) is 0 Å². The number of aliphatic hydroxyl groups excluding tert-OH is 1. The maximum atomic E-state index is 10.6. The van der Waals surface area contributed by atoms with Crippen LogP contribution >= 0.6 is 0 Å². The van der Waals surface area contributed by atoms with Crippen LogP contribution in [0, 0.1) is 5.92 Å². The monoisotopic (exact) mass is 288 g/mol. The van der Waals surface area contributed by atoms with Crippen LogP contribution in [0.25, 0.3) is 0 Å². The predicted molar refractivity (Wildman–Crippen MR) is 90.8 cm³/mol. The third-order valence-electron chi connectivity index (χ3n) is 5.08. The molecular weight excluding hydrogens is 256 g/mol. The lowest BCUT2D eigenvalue weighted by atomic mass is 9.87. The summed E-state index contributed by atoms with van der Waals surface area (Å²) in [6, 6.07) is 6.68. The van der Waals surface area contributed by atoms with E-state index in [1.54, 1.807) is 0 Å². The van der Waals surface area contributed by atoms with Crippen molar-refractivity contribution in [1.29, 1.82) is 0 Å². The molecule has 0 heterocycles. The summed E-state index contributed by atoms with van der Waals surface area (Å²) in [5, 5.41) is 10.6. The van der Waals surface area contributed by atoms with Gasteiger partial charge in [0.05, 0.1) is 6.10 Å². The van der Waals surface area contributed by atoms with Gasteiger partial charge >= 0.3 is 0 Å². The van der Waals surface area contributed by atoms with Gasteiger partial charge in [0.2, 0.25) is 0 Å². The molecule has 1 unspecified atom stereocenters. The van der Waals surface area contributed by atoms with Crippen molar-refractivity contribution in [3.05, 3.63) is 34.9 Å². The van der Waals surface area contributed by atoms with Crippen LogP contribution in [0.5, 0.6) is 0 Å². The van der Waals surface area contributed by atoms with E-state index in [9.17, 15) is 5.11 Å². The molecule has 2 rings (SSSR count). The highest BCUT2D eigenvalue weighted by molar-refractivity contribution is 5.37. The van der Waals surface area contributed by atoms with Crippen LogP contribution in [-0.4, -0.2) is 5.11 Å². The molecule has 118 valence electrons. The standard InChI is InChI=1S/C20H32O/c1-14(2)17-10-11-18(19(13-17)15(3)4)20(21)12-9-16-7-5-6-8-16/h10-11,13-16,20-21H,5-9,12H2,1-4H3. The molecule has 1 aliphatic rings. The van der Waals surface area contributed by atoms with Crippen molar-refractivity contribution in [2.45, 2.75) is 84.2 Å². The zero-order valence-corrected chi connectivity index (χ0v) is 14.2. The fraction of sp³-hybridized carbons (Fsp3) is 0.700. The molecule has 0 aliphatic heterocycles. The van der Waals surface area contributed by atoms with E-state index < -0.39 is 0 Å². The Balaban J connectivity index is 2.09. The topological polar surface area (TPSA) is 20.2 Å². The van der Waals surface area contributed by atoms with E-state index in [0.29, 0.717) is 11.8 Å². The largest absolute Gasteiger partial charge is 0.388 e. The molecule has 0 saturated heterocycles. The lowest BCUT2D eigenvalue weighted by molar-refractivity contribution is 0.155. The van der Waals surface area contributed by atoms with E-state index >= 15 is 0 Å². The molecular formula is C20H32O. The highest BCUT2D eigenvalue weighted by Crippen LogP contribution is 2.34. The lowest BCUT2D eigenvalue weighted by Gasteiger charge is -2.21. The molecule has 0 aromatic heterocycles. The zero-order valence-electron chi connectivity index (χ0n) is 14.2. The molecule has 0 spiro atoms. The molecule has 1 aliphatic carbocycles. The Hall–Kier alpha value is -0.820. The van der Waals surface area contributed by atoms with Gasteiger partial charge < -0.3 is 5.11 Å². The van der Waals surface area contributed by atoms with Crippen LogP contribution in [-0.2, 0) is 0 Å². The third-order valence-corrected chi connectivity index (χ3v) is 5.08. The van der Waals surface area contributed by atoms with Gasteiger partial charge in [0, 0.05) is 0 Å². The SMILES string of the molecule is CC(C)c1ccc(C(O)CCC2CCCC2)c(C(C)C)c1. The maximum Gasteiger partial charge on any atom is 0.0792 e. The average molecular weight is 288 g/mol. The van der Waals surface area contributed by atoms with Gasteiger partial charge in [0.15, 0.2) is 0 Å². The molecule has 1 aromatic carbocycles. The molecule has 1 heteroatoms. The van der Waals surface area contributed by atoms with Gasteiger partial charge in [-0.1, -0.05) is 71.6 Å². The first kappa shape index (κ1) is 16.5. The van der Waals surface area contributed by atoms with Crippen LogP contribution in [0.3, 0.4) is 0 Å². The highest BCUT2D eigenvalue weighted by Gasteiger charge is 2.20. The minimum atomic E-state index is -0.288. The Morgan fingerprint density at radius 2 is 1.67 bits per heavy atom. The molecule has 1 aromatic rings. The van der Waals surface area contributed by atoms with Gasteiger partial charge in [0.25, 0.3) is 0 Å². The molecule has 0 radical (unpaired) electrons. The van der Waals surface area contributed by atoms with Crippen molar-refractivity contribution in [2.24, 2.45) is 5.92 Å². The number of benzene rings is 1. The normalized spacial score (nSPS) is 17.9. The minimum Gasteiger partial charge on any atom is -0.388 e. The second-order valence-corrected chi connectivity index (χ2v) is 7.44. The molecule has 1 nitrogen and oxygen atoms in total. The first-order valence-electron chi connectivity index (χ1n) is 8.80. The second kappa shape index (κ2) is 7.45. The van der Waals surface area contributed by atoms with Gasteiger partial charge in [-0.25, -0.2) is 0 Å². The van der Waals surface area contributed by atoms with E-state index in [4.69, 9.17) is 0 Å². The van der Waals surface area contributed by atoms with Crippen LogP contribution in [0.1, 0.15) is 101 Å². The van der Waals surface area contributed by atoms with Crippen molar-refractivity contribution in [3.63, 3.8) is 0 Å². The summed E-state index contributed by atoms with van der Waals surface area (Å²) in [5.41, 5.74) is 3.87. The summed E-state index contributed by atoms with van der Waals surface area (Å²) in [6.45, 7) is 8.92. The van der Waals surface area contributed by atoms with Crippen molar-refractivity contribution in [3.8, 4) is 0 Å². The third kappa shape index (κ3) is 4.32. The molecule has 1 saturated carbocycles. The first-order valence-corrected chi connectivity index (χ1v) is 8.80. The number of hydrogen-bond acceptors (Lipinski definition) is 1. The maximum absolute atomic E-state index is 10.6. The summed E-state index contributed by atoms with van der Waals surface area (Å²) < 4.78 is 0. The Morgan fingerprint density at radius 1 is 1.00 bits per heavy atom. The lowest BCUT2D eigenvalue weighted by Crippen LogP contribution is -2.07. The van der Waals surface area contributed by atoms with Crippen LogP contribution in [0.4, 0.5) is 0 Å². The average Bonchev–Trinajstić information content (AvgIpc) is 2.97. The Kier molecular flexibility index (Phi) is 5.87. The van der Waals surface area contributed by atoms with E-state index in [1.807, 2.05) is 0 Å². The fourth-order valence-corrected chi connectivity index (χ4v) is 3.60. The smallest absolute Gasteiger partial charge is 0.0792 e. The van der Waals surface area contributed by atoms with Gasteiger partial charge in [-0.3, -0.25) is 0 Å². The summed E-state index contributed by atoms with van der Waals surface area (Å²) in [5.74, 6) is 1.88. The Morgan fingerprint density at radius 3 is 2.24 bits per heavy atom. The van der Waals surface area contributed by atoms with Crippen molar-refractivity contribution >= 4 is 0 Å². The van der Waals surface area contributed by atoms with Crippen molar-refractivity contribution in [2.75, 3.05) is 0 Å². The van der Waals surface area contributed by atoms with E-state index in [-0.39, 0.29) is 6.10 Å². The summed E-state index contributed by atoms with van der Waals surface area (Å²) in [7, 11) is 0. The predicted octanol–water partition coefficient (Wildman–Crippen LogP) is 5.94. The fourth-order valence-electron chi connectivity index (χ4n) is 3.60. The van der Waals surface area contributed by atoms with Gasteiger partial charge in [-0.15, -0.1) is 0 Å². The molecule has 1 N–H and O–H groups in total. The second-order valence-electron chi connectivity index (χ2n) is 7.44. The molecule has 1 atom stereocenters. The Bertz CT molecular complexity index is 441. The number of rotatable bonds is 6. The molecule has 0 bridgehead atoms. The van der Waals surface area contributed by atoms with Gasteiger partial charge in [0.1, 0.15) is 0 Å². The summed E-state index contributed by atoms with van der Waals surface area (Å²) in [6.07, 6.45) is 7.34. The Labute approximate surface area is 130 Å². The van der Waals surface area contributed by atoms with Crippen LogP contribution in [0.2, 0.25) is 0 Å². The van der Waals surface area contributed by atoms with Crippen molar-refractivity contribution < 1.29 is 5.11 Å². The van der Waals surface area contributed by atoms with Crippen LogP contribution < -0.4 is 0 Å². The van der Waals surface area contributed by atoms with Crippen LogP contribution in [0.15, 0.2) is 18.2 Å². The quantitative estimate of drug-likeness (QED) is 0.687. The molecule has 1 fully saturated rings. The molecule has 0 amide bonds. The van der Waals surface area contributed by atoms with E-state index in [0.717, 1.165) is 17.9 Å². The first-order chi connectivity index (χ1) is 9.99. The van der Waals surface area contributed by atoms with E-state index in [1.165, 1.54) is 43.2 Å². The van der Waals surface area contributed by atoms with Gasteiger partial charge in [-0.05, 0) is 47.3 Å². The highest BCUT2D eigenvalue weighted by atomic mass is 16.3. The summed E-state index contributed by atoms with van der Waals surface area (Å²) >= 11 is 0. The number of hydrogen-bond donors (Lipinski definition) is 1. The summed E-state index contributed by atoms with van der Waals surface area (Å²) in [4.78, 5) is 0. The zero-order chi connectivity index (χ0) is 15.4. The minimum absolute atomic E-state index is 0.288. The van der Waals surface area contributed by atoms with E-state index in [2.05, 4.69) is 45.9 Å². The number of aliphatic hydroxyl groups is 1. The molecule has 21 heavy (non-hydrogen) atoms.